The lowest BCUT2D eigenvalue weighted by molar-refractivity contribution is 0.0143. The monoisotopic (exact) mass is 260 g/mol. The van der Waals surface area contributed by atoms with Crippen LogP contribution in [0.25, 0.3) is 0 Å². The Morgan fingerprint density at radius 3 is 2.28 bits per heavy atom. The predicted octanol–water partition coefficient (Wildman–Crippen LogP) is 0.348. The van der Waals surface area contributed by atoms with Crippen molar-refractivity contribution in [1.29, 1.82) is 0 Å². The van der Waals surface area contributed by atoms with Crippen LogP contribution < -0.4 is 5.32 Å². The van der Waals surface area contributed by atoms with Crippen LogP contribution in [0.15, 0.2) is 0 Å². The van der Waals surface area contributed by atoms with Crippen molar-refractivity contribution in [3.63, 3.8) is 0 Å². The summed E-state index contributed by atoms with van der Waals surface area (Å²) in [7, 11) is 5.45. The molecule has 1 aliphatic heterocycles. The van der Waals surface area contributed by atoms with Crippen LogP contribution in [0.2, 0.25) is 0 Å². The fourth-order valence-electron chi connectivity index (χ4n) is 2.32. The first-order chi connectivity index (χ1) is 8.80. The van der Waals surface area contributed by atoms with Crippen molar-refractivity contribution in [1.82, 2.24) is 10.2 Å². The van der Waals surface area contributed by atoms with Gasteiger partial charge in [0.05, 0.1) is 25.4 Å². The predicted molar refractivity (Wildman–Crippen MR) is 72.0 cm³/mol. The van der Waals surface area contributed by atoms with E-state index in [1.54, 1.807) is 14.2 Å². The van der Waals surface area contributed by atoms with Gasteiger partial charge in [0.1, 0.15) is 0 Å². The van der Waals surface area contributed by atoms with E-state index in [0.29, 0.717) is 12.2 Å². The first-order valence-corrected chi connectivity index (χ1v) is 6.80. The molecule has 108 valence electrons. The van der Waals surface area contributed by atoms with Gasteiger partial charge in [-0.25, -0.2) is 0 Å². The van der Waals surface area contributed by atoms with Crippen molar-refractivity contribution < 1.29 is 14.2 Å². The summed E-state index contributed by atoms with van der Waals surface area (Å²) in [6.07, 6.45) is 3.06. The number of hydrogen-bond donors (Lipinski definition) is 1. The van der Waals surface area contributed by atoms with Gasteiger partial charge in [-0.05, 0) is 19.9 Å². The molecule has 1 N–H and O–H groups in total. The number of rotatable bonds is 10. The smallest absolute Gasteiger partial charge is 0.0707 e. The van der Waals surface area contributed by atoms with Crippen molar-refractivity contribution in [3.8, 4) is 0 Å². The number of hydrogen-bond acceptors (Lipinski definition) is 5. The molecule has 1 fully saturated rings. The third-order valence-electron chi connectivity index (χ3n) is 3.31. The van der Waals surface area contributed by atoms with Crippen LogP contribution in [0, 0.1) is 0 Å². The highest BCUT2D eigenvalue weighted by atomic mass is 16.5. The molecule has 1 rings (SSSR count). The second-order valence-electron chi connectivity index (χ2n) is 4.80. The number of ether oxygens (including phenoxy) is 3. The van der Waals surface area contributed by atoms with Gasteiger partial charge in [0.25, 0.3) is 0 Å². The molecule has 0 aromatic heterocycles. The Balaban J connectivity index is 2.26. The summed E-state index contributed by atoms with van der Waals surface area (Å²) in [5, 5.41) is 3.17. The van der Waals surface area contributed by atoms with E-state index in [-0.39, 0.29) is 0 Å². The third-order valence-corrected chi connectivity index (χ3v) is 3.31. The van der Waals surface area contributed by atoms with E-state index in [0.717, 1.165) is 52.2 Å². The molecule has 0 bridgehead atoms. The third kappa shape index (κ3) is 6.11. The molecule has 0 saturated carbocycles. The van der Waals surface area contributed by atoms with Gasteiger partial charge in [0.15, 0.2) is 0 Å². The fourth-order valence-corrected chi connectivity index (χ4v) is 2.32. The lowest BCUT2D eigenvalue weighted by atomic mass is 10.2. The average molecular weight is 260 g/mol. The molecular weight excluding hydrogens is 232 g/mol. The van der Waals surface area contributed by atoms with Gasteiger partial charge in [-0.15, -0.1) is 0 Å². The second-order valence-corrected chi connectivity index (χ2v) is 4.80. The quantitative estimate of drug-likeness (QED) is 0.614. The Morgan fingerprint density at radius 1 is 1.11 bits per heavy atom. The van der Waals surface area contributed by atoms with Crippen molar-refractivity contribution in [2.24, 2.45) is 0 Å². The van der Waals surface area contributed by atoms with Crippen LogP contribution in [0.4, 0.5) is 0 Å². The lowest BCUT2D eigenvalue weighted by Crippen LogP contribution is -2.37. The van der Waals surface area contributed by atoms with Crippen LogP contribution in [-0.4, -0.2) is 77.8 Å². The van der Waals surface area contributed by atoms with E-state index in [9.17, 15) is 0 Å². The summed E-state index contributed by atoms with van der Waals surface area (Å²) in [5.74, 6) is 0. The van der Waals surface area contributed by atoms with Crippen LogP contribution in [0.3, 0.4) is 0 Å². The van der Waals surface area contributed by atoms with Gasteiger partial charge in [0, 0.05) is 40.4 Å². The van der Waals surface area contributed by atoms with Crippen LogP contribution in [0.5, 0.6) is 0 Å². The SMILES string of the molecule is CNCC1CCC(CN(CCOC)CCOC)O1. The van der Waals surface area contributed by atoms with Gasteiger partial charge < -0.3 is 19.5 Å². The van der Waals surface area contributed by atoms with Crippen molar-refractivity contribution in [2.45, 2.75) is 25.0 Å². The standard InChI is InChI=1S/C13H28N2O3/c1-14-10-12-4-5-13(18-12)11-15(6-8-16-2)7-9-17-3/h12-14H,4-11H2,1-3H3. The van der Waals surface area contributed by atoms with E-state index in [1.807, 2.05) is 7.05 Å². The largest absolute Gasteiger partial charge is 0.383 e. The topological polar surface area (TPSA) is 43.0 Å². The zero-order valence-corrected chi connectivity index (χ0v) is 12.0. The molecule has 18 heavy (non-hydrogen) atoms. The van der Waals surface area contributed by atoms with Gasteiger partial charge in [0.2, 0.25) is 0 Å². The zero-order valence-electron chi connectivity index (χ0n) is 12.0. The van der Waals surface area contributed by atoms with E-state index in [1.165, 1.54) is 0 Å². The molecule has 1 aliphatic rings. The highest BCUT2D eigenvalue weighted by molar-refractivity contribution is 4.77. The van der Waals surface area contributed by atoms with Crippen LogP contribution in [-0.2, 0) is 14.2 Å². The highest BCUT2D eigenvalue weighted by Crippen LogP contribution is 2.19. The summed E-state index contributed by atoms with van der Waals surface area (Å²) < 4.78 is 16.3. The molecule has 0 aromatic rings. The molecule has 0 spiro atoms. The molecule has 1 heterocycles. The molecular formula is C13H28N2O3. The zero-order chi connectivity index (χ0) is 13.2. The molecule has 0 amide bonds. The minimum atomic E-state index is 0.358. The highest BCUT2D eigenvalue weighted by Gasteiger charge is 2.26. The normalized spacial score (nSPS) is 24.0. The van der Waals surface area contributed by atoms with Crippen LogP contribution >= 0.6 is 0 Å². The van der Waals surface area contributed by atoms with E-state index in [4.69, 9.17) is 14.2 Å². The number of nitrogens with one attached hydrogen (secondary N) is 1. The number of likely N-dealkylation sites (N-methyl/N-ethyl adjacent to an activating group) is 1. The summed E-state index contributed by atoms with van der Waals surface area (Å²) >= 11 is 0. The van der Waals surface area contributed by atoms with Gasteiger partial charge in [-0.1, -0.05) is 0 Å². The van der Waals surface area contributed by atoms with Crippen LogP contribution in [0.1, 0.15) is 12.8 Å². The molecule has 0 aromatic carbocycles. The summed E-state index contributed by atoms with van der Waals surface area (Å²) in [5.41, 5.74) is 0. The maximum absolute atomic E-state index is 6.01. The van der Waals surface area contributed by atoms with E-state index >= 15 is 0 Å². The van der Waals surface area contributed by atoms with Gasteiger partial charge >= 0.3 is 0 Å². The Labute approximate surface area is 111 Å². The van der Waals surface area contributed by atoms with Gasteiger partial charge in [-0.2, -0.15) is 0 Å². The summed E-state index contributed by atoms with van der Waals surface area (Å²) in [6, 6.07) is 0. The molecule has 0 aliphatic carbocycles. The van der Waals surface area contributed by atoms with Crippen molar-refractivity contribution in [2.75, 3.05) is 60.7 Å². The average Bonchev–Trinajstić information content (AvgIpc) is 2.80. The van der Waals surface area contributed by atoms with Gasteiger partial charge in [-0.3, -0.25) is 4.90 Å². The maximum Gasteiger partial charge on any atom is 0.0707 e. The Hall–Kier alpha value is -0.200. The first kappa shape index (κ1) is 15.9. The molecule has 0 radical (unpaired) electrons. The second kappa shape index (κ2) is 9.69. The number of methoxy groups -OCH3 is 2. The molecule has 2 atom stereocenters. The van der Waals surface area contributed by atoms with E-state index < -0.39 is 0 Å². The fraction of sp³-hybridized carbons (Fsp3) is 1.00. The lowest BCUT2D eigenvalue weighted by Gasteiger charge is -2.25. The first-order valence-electron chi connectivity index (χ1n) is 6.80. The molecule has 2 unspecified atom stereocenters. The summed E-state index contributed by atoms with van der Waals surface area (Å²) in [4.78, 5) is 2.36. The molecule has 5 nitrogen and oxygen atoms in total. The Bertz CT molecular complexity index is 197. The molecule has 1 saturated heterocycles. The Kier molecular flexibility index (Phi) is 8.54. The molecule has 5 heteroatoms. The van der Waals surface area contributed by atoms with Crippen molar-refractivity contribution in [3.05, 3.63) is 0 Å². The minimum Gasteiger partial charge on any atom is -0.383 e. The Morgan fingerprint density at radius 2 is 1.72 bits per heavy atom. The number of nitrogens with zero attached hydrogens (tertiary/aromatic N) is 1. The summed E-state index contributed by atoms with van der Waals surface area (Å²) in [6.45, 7) is 5.33. The minimum absolute atomic E-state index is 0.358. The van der Waals surface area contributed by atoms with E-state index in [2.05, 4.69) is 10.2 Å². The maximum atomic E-state index is 6.01. The van der Waals surface area contributed by atoms with Crippen molar-refractivity contribution >= 4 is 0 Å².